The quantitative estimate of drug-likeness (QED) is 0.780. The summed E-state index contributed by atoms with van der Waals surface area (Å²) in [6, 6.07) is 2.32. The van der Waals surface area contributed by atoms with Gasteiger partial charge in [-0.3, -0.25) is 4.79 Å². The molecule has 0 spiro atoms. The summed E-state index contributed by atoms with van der Waals surface area (Å²) in [7, 11) is -9.74. The van der Waals surface area contributed by atoms with Crippen LogP contribution >= 0.6 is 10.2 Å². The topological polar surface area (TPSA) is 29.1 Å². The third-order valence-electron chi connectivity index (χ3n) is 3.23. The number of rotatable bonds is 3. The molecule has 0 unspecified atom stereocenters. The molecule has 1 aliphatic rings. The van der Waals surface area contributed by atoms with Gasteiger partial charge in [0.15, 0.2) is 0 Å². The molecule has 1 saturated carbocycles. The molecule has 0 saturated heterocycles. The third-order valence-corrected chi connectivity index (χ3v) is 4.38. The molecular weight excluding hydrogens is 301 g/mol. The molecule has 0 bridgehead atoms. The van der Waals surface area contributed by atoms with E-state index in [-0.39, 0.29) is 18.2 Å². The highest BCUT2D eigenvalue weighted by Crippen LogP contribution is 3.02. The minimum absolute atomic E-state index is 0.0916. The number of halogens is 5. The fourth-order valence-electron chi connectivity index (χ4n) is 2.22. The van der Waals surface area contributed by atoms with E-state index in [9.17, 15) is 24.2 Å². The fraction of sp³-hybridized carbons (Fsp3) is 0.417. The van der Waals surface area contributed by atoms with Crippen LogP contribution in [0, 0.1) is 0 Å². The molecule has 2 nitrogen and oxygen atoms in total. The lowest BCUT2D eigenvalue weighted by molar-refractivity contribution is 0.0937. The molecule has 20 heavy (non-hydrogen) atoms. The van der Waals surface area contributed by atoms with Gasteiger partial charge in [0.2, 0.25) is 0 Å². The Labute approximate surface area is 113 Å². The van der Waals surface area contributed by atoms with E-state index >= 15 is 0 Å². The summed E-state index contributed by atoms with van der Waals surface area (Å²) in [6.07, 6.45) is 3.40. The van der Waals surface area contributed by atoms with Gasteiger partial charge in [0, 0.05) is 11.6 Å². The molecule has 0 aliphatic heterocycles. The van der Waals surface area contributed by atoms with Gasteiger partial charge in [0.1, 0.15) is 4.90 Å². The maximum atomic E-state index is 12.7. The maximum Gasteiger partial charge on any atom is 0.310 e. The predicted octanol–water partition coefficient (Wildman–Crippen LogP) is 5.02. The van der Waals surface area contributed by atoms with Crippen LogP contribution in [0.25, 0.3) is 0 Å². The molecule has 0 aromatic heterocycles. The highest BCUT2D eigenvalue weighted by atomic mass is 32.5. The van der Waals surface area contributed by atoms with E-state index in [4.69, 9.17) is 0 Å². The highest BCUT2D eigenvalue weighted by Gasteiger charge is 2.65. The molecule has 1 aromatic rings. The molecule has 114 valence electrons. The summed E-state index contributed by atoms with van der Waals surface area (Å²) >= 11 is 0. The van der Waals surface area contributed by atoms with Gasteiger partial charge in [-0.15, -0.1) is 0 Å². The Morgan fingerprint density at radius 2 is 1.70 bits per heavy atom. The minimum atomic E-state index is -9.74. The van der Waals surface area contributed by atoms with Crippen molar-refractivity contribution in [3.63, 3.8) is 0 Å². The second-order valence-electron chi connectivity index (χ2n) is 4.95. The predicted molar refractivity (Wildman–Crippen MR) is 67.6 cm³/mol. The van der Waals surface area contributed by atoms with Crippen molar-refractivity contribution in [2.75, 3.05) is 0 Å². The van der Waals surface area contributed by atoms with E-state index in [0.717, 1.165) is 37.8 Å². The lowest BCUT2D eigenvalue weighted by atomic mass is 10.2. The first-order valence-corrected chi connectivity index (χ1v) is 8.06. The normalized spacial score (nSPS) is 20.2. The van der Waals surface area contributed by atoms with Crippen molar-refractivity contribution in [3.8, 4) is 0 Å². The molecule has 0 atom stereocenters. The Hall–Kier alpha value is -1.31. The molecule has 1 N–H and O–H groups in total. The van der Waals surface area contributed by atoms with Crippen molar-refractivity contribution in [3.05, 3.63) is 29.8 Å². The average molecular weight is 315 g/mol. The average Bonchev–Trinajstić information content (AvgIpc) is 2.79. The van der Waals surface area contributed by atoms with Gasteiger partial charge < -0.3 is 5.32 Å². The second kappa shape index (κ2) is 4.09. The Morgan fingerprint density at radius 3 is 2.25 bits per heavy atom. The Morgan fingerprint density at radius 1 is 1.10 bits per heavy atom. The Balaban J connectivity index is 2.24. The van der Waals surface area contributed by atoms with Crippen molar-refractivity contribution < 1.29 is 24.2 Å². The second-order valence-corrected chi connectivity index (χ2v) is 7.36. The zero-order valence-electron chi connectivity index (χ0n) is 10.4. The summed E-state index contributed by atoms with van der Waals surface area (Å²) in [4.78, 5) is 9.74. The maximum absolute atomic E-state index is 12.7. The molecule has 0 radical (unpaired) electrons. The van der Waals surface area contributed by atoms with Crippen molar-refractivity contribution in [1.82, 2.24) is 5.32 Å². The number of carbonyl (C=O) groups is 1. The standard InChI is InChI=1S/C12H14F5NOS/c13-20(14,15,16,17)11-7-3-4-9(8-11)12(19)18-10-5-1-2-6-10/h3-4,7-8,10H,1-2,5-6H2,(H,18,19). The van der Waals surface area contributed by atoms with E-state index in [1.165, 1.54) is 0 Å². The van der Waals surface area contributed by atoms with E-state index in [1.54, 1.807) is 0 Å². The molecule has 1 aliphatic carbocycles. The van der Waals surface area contributed by atoms with Crippen LogP contribution in [0.15, 0.2) is 29.2 Å². The third kappa shape index (κ3) is 3.62. The van der Waals surface area contributed by atoms with Crippen LogP contribution in [0.3, 0.4) is 0 Å². The molecule has 2 rings (SSSR count). The lowest BCUT2D eigenvalue weighted by Crippen LogP contribution is -2.32. The van der Waals surface area contributed by atoms with Gasteiger partial charge in [0.05, 0.1) is 0 Å². The van der Waals surface area contributed by atoms with Crippen LogP contribution in [0.2, 0.25) is 0 Å². The number of benzene rings is 1. The van der Waals surface area contributed by atoms with Gasteiger partial charge in [-0.25, -0.2) is 0 Å². The number of nitrogens with one attached hydrogen (secondary N) is 1. The van der Waals surface area contributed by atoms with Crippen LogP contribution in [0.4, 0.5) is 19.4 Å². The molecular formula is C12H14F5NOS. The summed E-state index contributed by atoms with van der Waals surface area (Å²) < 4.78 is 63.3. The summed E-state index contributed by atoms with van der Waals surface area (Å²) in [5.74, 6) is -0.749. The van der Waals surface area contributed by atoms with Crippen LogP contribution in [0.5, 0.6) is 0 Å². The van der Waals surface area contributed by atoms with E-state index in [2.05, 4.69) is 5.32 Å². The highest BCUT2D eigenvalue weighted by molar-refractivity contribution is 8.45. The number of hydrogen-bond acceptors (Lipinski definition) is 1. The molecule has 1 fully saturated rings. The van der Waals surface area contributed by atoms with Crippen LogP contribution in [-0.2, 0) is 0 Å². The summed E-state index contributed by atoms with van der Waals surface area (Å²) in [6.45, 7) is 0. The van der Waals surface area contributed by atoms with Gasteiger partial charge in [-0.1, -0.05) is 38.3 Å². The zero-order valence-corrected chi connectivity index (χ0v) is 11.2. The van der Waals surface area contributed by atoms with Crippen molar-refractivity contribution >= 4 is 16.1 Å². The van der Waals surface area contributed by atoms with Crippen LogP contribution in [0.1, 0.15) is 36.0 Å². The van der Waals surface area contributed by atoms with Crippen molar-refractivity contribution in [1.29, 1.82) is 0 Å². The Bertz CT molecular complexity index is 536. The largest absolute Gasteiger partial charge is 0.349 e. The molecule has 1 aromatic carbocycles. The van der Waals surface area contributed by atoms with Crippen LogP contribution < -0.4 is 5.32 Å². The summed E-state index contributed by atoms with van der Waals surface area (Å²) in [5.41, 5.74) is -0.400. The first-order valence-electron chi connectivity index (χ1n) is 6.11. The SMILES string of the molecule is O=C(NC1CCCC1)c1cccc(S(F)(F)(F)(F)F)c1. The van der Waals surface area contributed by atoms with Crippen molar-refractivity contribution in [2.45, 2.75) is 36.6 Å². The first kappa shape index (κ1) is 15.1. The van der Waals surface area contributed by atoms with E-state index < -0.39 is 26.6 Å². The van der Waals surface area contributed by atoms with Gasteiger partial charge in [0.25, 0.3) is 5.91 Å². The smallest absolute Gasteiger partial charge is 0.310 e. The molecule has 8 heteroatoms. The van der Waals surface area contributed by atoms with Gasteiger partial charge >= 0.3 is 10.2 Å². The summed E-state index contributed by atoms with van der Waals surface area (Å²) in [5, 5.41) is 2.56. The lowest BCUT2D eigenvalue weighted by Gasteiger charge is -2.40. The monoisotopic (exact) mass is 315 g/mol. The van der Waals surface area contributed by atoms with Crippen LogP contribution in [-0.4, -0.2) is 11.9 Å². The van der Waals surface area contributed by atoms with Gasteiger partial charge in [-0.2, -0.15) is 0 Å². The molecule has 1 amide bonds. The first-order chi connectivity index (χ1) is 8.95. The zero-order chi connectivity index (χ0) is 15.1. The molecule has 0 heterocycles. The van der Waals surface area contributed by atoms with E-state index in [1.807, 2.05) is 0 Å². The number of amides is 1. The Kier molecular flexibility index (Phi) is 3.09. The van der Waals surface area contributed by atoms with Gasteiger partial charge in [-0.05, 0) is 31.0 Å². The number of carbonyl (C=O) groups excluding carboxylic acids is 1. The van der Waals surface area contributed by atoms with Crippen molar-refractivity contribution in [2.24, 2.45) is 0 Å². The number of hydrogen-bond donors (Lipinski definition) is 1. The fourth-order valence-corrected chi connectivity index (χ4v) is 2.90. The minimum Gasteiger partial charge on any atom is -0.349 e. The van der Waals surface area contributed by atoms with E-state index in [0.29, 0.717) is 0 Å².